The Kier molecular flexibility index (Phi) is 4.49. The summed E-state index contributed by atoms with van der Waals surface area (Å²) in [5.74, 6) is -5.97. The molecule has 3 fully saturated rings. The lowest BCUT2D eigenvalue weighted by Crippen LogP contribution is -2.60. The van der Waals surface area contributed by atoms with Gasteiger partial charge in [0.2, 0.25) is 11.8 Å². The molecule has 32 heavy (non-hydrogen) atoms. The number of rotatable bonds is 5. The number of esters is 2. The first-order chi connectivity index (χ1) is 15.5. The monoisotopic (exact) mass is 433 g/mol. The second kappa shape index (κ2) is 7.13. The molecular formula is C24H19NO7. The van der Waals surface area contributed by atoms with Crippen molar-refractivity contribution in [1.82, 2.24) is 0 Å². The number of fused-ring (bicyclic) bond motifs is 5. The molecule has 3 aliphatic rings. The number of para-hydroxylation sites is 1. The highest BCUT2D eigenvalue weighted by Gasteiger charge is 2.81. The average molecular weight is 433 g/mol. The van der Waals surface area contributed by atoms with Gasteiger partial charge < -0.3 is 14.2 Å². The number of hydrogen-bond donors (Lipinski definition) is 0. The lowest BCUT2D eigenvalue weighted by molar-refractivity contribution is -0.231. The van der Waals surface area contributed by atoms with Gasteiger partial charge in [0.05, 0.1) is 11.6 Å². The Bertz CT molecular complexity index is 1130. The van der Waals surface area contributed by atoms with Crippen molar-refractivity contribution in [3.8, 4) is 0 Å². The number of anilines is 1. The van der Waals surface area contributed by atoms with Crippen molar-refractivity contribution in [3.05, 3.63) is 78.9 Å². The topological polar surface area (TPSA) is 99.2 Å². The summed E-state index contributed by atoms with van der Waals surface area (Å²) < 4.78 is 16.7. The van der Waals surface area contributed by atoms with Gasteiger partial charge in [-0.25, -0.2) is 14.5 Å². The quantitative estimate of drug-likeness (QED) is 0.307. The second-order valence-corrected chi connectivity index (χ2v) is 7.86. The molecule has 5 rings (SSSR count). The number of benzene rings is 2. The molecule has 3 aliphatic heterocycles. The van der Waals surface area contributed by atoms with Crippen LogP contribution in [0, 0.1) is 11.8 Å². The minimum atomic E-state index is -2.39. The molecule has 8 nitrogen and oxygen atoms in total. The molecule has 2 aromatic carbocycles. The van der Waals surface area contributed by atoms with Crippen molar-refractivity contribution in [1.29, 1.82) is 0 Å². The van der Waals surface area contributed by atoms with Gasteiger partial charge in [-0.15, -0.1) is 0 Å². The smallest absolute Gasteiger partial charge is 0.351 e. The maximum absolute atomic E-state index is 13.7. The molecule has 2 amide bonds. The Hall–Kier alpha value is -3.78. The molecule has 0 saturated carbocycles. The Morgan fingerprint density at radius 1 is 1.03 bits per heavy atom. The summed E-state index contributed by atoms with van der Waals surface area (Å²) in [7, 11) is 0. The van der Waals surface area contributed by atoms with Gasteiger partial charge in [0.25, 0.3) is 5.60 Å². The number of amides is 2. The largest absolute Gasteiger partial charge is 0.460 e. The van der Waals surface area contributed by atoms with Gasteiger partial charge in [-0.3, -0.25) is 9.59 Å². The fraction of sp³-hybridized carbons (Fsp3) is 0.250. The van der Waals surface area contributed by atoms with Gasteiger partial charge in [-0.1, -0.05) is 61.2 Å². The summed E-state index contributed by atoms with van der Waals surface area (Å²) in [5.41, 5.74) is -3.03. The van der Waals surface area contributed by atoms with E-state index in [0.29, 0.717) is 11.3 Å². The van der Waals surface area contributed by atoms with E-state index in [1.54, 1.807) is 60.7 Å². The van der Waals surface area contributed by atoms with Crippen LogP contribution in [0.3, 0.4) is 0 Å². The highest BCUT2D eigenvalue weighted by Crippen LogP contribution is 2.60. The Morgan fingerprint density at radius 3 is 2.31 bits per heavy atom. The molecule has 162 valence electrons. The van der Waals surface area contributed by atoms with Crippen LogP contribution in [0.15, 0.2) is 73.3 Å². The van der Waals surface area contributed by atoms with Crippen molar-refractivity contribution in [3.63, 3.8) is 0 Å². The predicted octanol–water partition coefficient (Wildman–Crippen LogP) is 1.74. The van der Waals surface area contributed by atoms with Crippen molar-refractivity contribution >= 4 is 29.4 Å². The molecular weight excluding hydrogens is 414 g/mol. The first kappa shape index (κ1) is 20.1. The summed E-state index contributed by atoms with van der Waals surface area (Å²) >= 11 is 0. The highest BCUT2D eigenvalue weighted by molar-refractivity contribution is 6.27. The van der Waals surface area contributed by atoms with Gasteiger partial charge in [0.15, 0.2) is 0 Å². The van der Waals surface area contributed by atoms with E-state index in [0.717, 1.165) is 4.90 Å². The molecule has 0 aliphatic carbocycles. The Balaban J connectivity index is 1.72. The lowest BCUT2D eigenvalue weighted by atomic mass is 9.75. The van der Waals surface area contributed by atoms with Crippen molar-refractivity contribution < 1.29 is 33.4 Å². The summed E-state index contributed by atoms with van der Waals surface area (Å²) in [6, 6.07) is 17.1. The zero-order chi connectivity index (χ0) is 22.5. The molecule has 0 spiro atoms. The summed E-state index contributed by atoms with van der Waals surface area (Å²) in [5, 5.41) is 0. The van der Waals surface area contributed by atoms with E-state index in [2.05, 4.69) is 6.58 Å². The molecule has 2 bridgehead atoms. The molecule has 2 aromatic rings. The number of hydrogen-bond acceptors (Lipinski definition) is 7. The predicted molar refractivity (Wildman–Crippen MR) is 110 cm³/mol. The number of ether oxygens (including phenoxy) is 3. The summed E-state index contributed by atoms with van der Waals surface area (Å²) in [6.45, 7) is 2.99. The SMILES string of the molecule is C=CCOC(=O)[C@]12O[C@](c3ccccc3)(COC1=O)C1C(=O)N(c3ccccc3)C(=O)C12. The van der Waals surface area contributed by atoms with Crippen molar-refractivity contribution in [2.45, 2.75) is 11.2 Å². The fourth-order valence-electron chi connectivity index (χ4n) is 4.90. The van der Waals surface area contributed by atoms with Gasteiger partial charge in [0, 0.05) is 0 Å². The summed E-state index contributed by atoms with van der Waals surface area (Å²) in [6.07, 6.45) is 1.33. The molecule has 2 unspecified atom stereocenters. The van der Waals surface area contributed by atoms with Gasteiger partial charge in [0.1, 0.15) is 24.7 Å². The second-order valence-electron chi connectivity index (χ2n) is 7.86. The van der Waals surface area contributed by atoms with E-state index >= 15 is 0 Å². The molecule has 0 radical (unpaired) electrons. The fourth-order valence-corrected chi connectivity index (χ4v) is 4.90. The lowest BCUT2D eigenvalue weighted by Gasteiger charge is -2.39. The molecule has 3 heterocycles. The third-order valence-electron chi connectivity index (χ3n) is 6.22. The first-order valence-electron chi connectivity index (χ1n) is 10.1. The van der Waals surface area contributed by atoms with E-state index in [1.807, 2.05) is 0 Å². The Morgan fingerprint density at radius 2 is 1.66 bits per heavy atom. The zero-order valence-electron chi connectivity index (χ0n) is 16.9. The minimum Gasteiger partial charge on any atom is -0.460 e. The zero-order valence-corrected chi connectivity index (χ0v) is 16.9. The van der Waals surface area contributed by atoms with Crippen LogP contribution in [-0.4, -0.2) is 42.6 Å². The summed E-state index contributed by atoms with van der Waals surface area (Å²) in [4.78, 5) is 54.6. The standard InChI is InChI=1S/C24H19NO7/c1-2-13-30-21(28)24-18-17(19(26)25(20(18)27)16-11-7-4-8-12-16)23(32-24,14-31-22(24)29)15-9-5-3-6-10-15/h2-12,17-18H,1,13-14H2/t17?,18?,23-,24-/m0/s1. The minimum absolute atomic E-state index is 0.197. The molecule has 4 atom stereocenters. The molecule has 0 N–H and O–H groups in total. The number of imide groups is 1. The molecule has 0 aromatic heterocycles. The van der Waals surface area contributed by atoms with Crippen LogP contribution in [0.5, 0.6) is 0 Å². The van der Waals surface area contributed by atoms with Crippen LogP contribution >= 0.6 is 0 Å². The number of carbonyl (C=O) groups is 4. The highest BCUT2D eigenvalue weighted by atomic mass is 16.7. The van der Waals surface area contributed by atoms with Gasteiger partial charge in [-0.05, 0) is 17.7 Å². The van der Waals surface area contributed by atoms with E-state index in [4.69, 9.17) is 14.2 Å². The van der Waals surface area contributed by atoms with Crippen LogP contribution in [0.2, 0.25) is 0 Å². The van der Waals surface area contributed by atoms with Crippen molar-refractivity contribution in [2.75, 3.05) is 18.1 Å². The third-order valence-corrected chi connectivity index (χ3v) is 6.22. The van der Waals surface area contributed by atoms with Crippen LogP contribution in [0.4, 0.5) is 5.69 Å². The van der Waals surface area contributed by atoms with Gasteiger partial charge >= 0.3 is 11.9 Å². The first-order valence-corrected chi connectivity index (χ1v) is 10.1. The third kappa shape index (κ3) is 2.47. The molecule has 3 saturated heterocycles. The Labute approximate surface area is 183 Å². The molecule has 8 heteroatoms. The normalized spacial score (nSPS) is 30.6. The average Bonchev–Trinajstić information content (AvgIpc) is 3.25. The van der Waals surface area contributed by atoms with E-state index < -0.39 is 46.8 Å². The van der Waals surface area contributed by atoms with Gasteiger partial charge in [-0.2, -0.15) is 0 Å². The number of cyclic esters (lactones) is 1. The van der Waals surface area contributed by atoms with Crippen LogP contribution in [0.1, 0.15) is 5.56 Å². The van der Waals surface area contributed by atoms with E-state index in [9.17, 15) is 19.2 Å². The van der Waals surface area contributed by atoms with Crippen LogP contribution in [-0.2, 0) is 39.0 Å². The maximum Gasteiger partial charge on any atom is 0.351 e. The maximum atomic E-state index is 13.7. The number of carbonyl (C=O) groups excluding carboxylic acids is 4. The van der Waals surface area contributed by atoms with E-state index in [1.165, 1.54) is 6.08 Å². The van der Waals surface area contributed by atoms with Crippen LogP contribution < -0.4 is 4.90 Å². The van der Waals surface area contributed by atoms with E-state index in [-0.39, 0.29) is 13.2 Å². The van der Waals surface area contributed by atoms with Crippen LogP contribution in [0.25, 0.3) is 0 Å². The number of nitrogens with zero attached hydrogens (tertiary/aromatic N) is 1. The van der Waals surface area contributed by atoms with Crippen molar-refractivity contribution in [2.24, 2.45) is 11.8 Å².